The second kappa shape index (κ2) is 8.04. The number of aromatic amines is 1. The number of fused-ring (bicyclic) bond motifs is 1. The van der Waals surface area contributed by atoms with Crippen LogP contribution in [0.15, 0.2) is 70.4 Å². The van der Waals surface area contributed by atoms with Crippen molar-refractivity contribution in [1.29, 1.82) is 0 Å². The van der Waals surface area contributed by atoms with E-state index in [9.17, 15) is 9.35 Å². The summed E-state index contributed by atoms with van der Waals surface area (Å²) in [6, 6.07) is 18.5. The van der Waals surface area contributed by atoms with Gasteiger partial charge in [0.05, 0.1) is 12.1 Å². The highest BCUT2D eigenvalue weighted by atomic mass is 32.2. The van der Waals surface area contributed by atoms with Crippen molar-refractivity contribution in [2.45, 2.75) is 17.7 Å². The Bertz CT molecular complexity index is 848. The molecular formula is C19H19NO3S. The van der Waals surface area contributed by atoms with E-state index >= 15 is 0 Å². The van der Waals surface area contributed by atoms with E-state index < -0.39 is 11.2 Å². The van der Waals surface area contributed by atoms with E-state index in [1.165, 1.54) is 6.07 Å². The van der Waals surface area contributed by atoms with Crippen molar-refractivity contribution in [3.05, 3.63) is 71.0 Å². The predicted octanol–water partition coefficient (Wildman–Crippen LogP) is 3.49. The van der Waals surface area contributed by atoms with Crippen molar-refractivity contribution in [1.82, 2.24) is 4.98 Å². The van der Waals surface area contributed by atoms with Gasteiger partial charge >= 0.3 is 0 Å². The van der Waals surface area contributed by atoms with Crippen LogP contribution in [0.5, 0.6) is 5.75 Å². The van der Waals surface area contributed by atoms with Crippen LogP contribution in [0.1, 0.15) is 12.8 Å². The summed E-state index contributed by atoms with van der Waals surface area (Å²) < 4.78 is 17.9. The summed E-state index contributed by atoms with van der Waals surface area (Å²) in [5.74, 6) is 1.30. The number of rotatable bonds is 7. The lowest BCUT2D eigenvalue weighted by atomic mass is 10.2. The van der Waals surface area contributed by atoms with Crippen LogP contribution in [-0.2, 0) is 11.2 Å². The Morgan fingerprint density at radius 3 is 2.62 bits per heavy atom. The van der Waals surface area contributed by atoms with E-state index in [2.05, 4.69) is 4.98 Å². The van der Waals surface area contributed by atoms with Crippen LogP contribution < -0.4 is 10.3 Å². The molecule has 1 atom stereocenters. The van der Waals surface area contributed by atoms with Crippen molar-refractivity contribution in [2.24, 2.45) is 0 Å². The monoisotopic (exact) mass is 341 g/mol. The van der Waals surface area contributed by atoms with Gasteiger partial charge in [0.25, 0.3) is 0 Å². The fourth-order valence-electron chi connectivity index (χ4n) is 2.48. The van der Waals surface area contributed by atoms with Gasteiger partial charge in [0.2, 0.25) is 5.56 Å². The Morgan fingerprint density at radius 2 is 1.79 bits per heavy atom. The summed E-state index contributed by atoms with van der Waals surface area (Å²) in [7, 11) is 0. The van der Waals surface area contributed by atoms with Gasteiger partial charge in [-0.05, 0) is 48.3 Å². The van der Waals surface area contributed by atoms with Gasteiger partial charge in [-0.2, -0.15) is 0 Å². The van der Waals surface area contributed by atoms with Crippen LogP contribution >= 0.6 is 0 Å². The molecule has 0 aliphatic rings. The first-order valence-electron chi connectivity index (χ1n) is 7.92. The third kappa shape index (κ3) is 4.19. The molecule has 0 radical (unpaired) electrons. The highest BCUT2D eigenvalue weighted by molar-refractivity contribution is 7.91. The number of H-pyrrole nitrogens is 1. The van der Waals surface area contributed by atoms with E-state index in [0.29, 0.717) is 18.1 Å². The average Bonchev–Trinajstić information content (AvgIpc) is 2.62. The van der Waals surface area contributed by atoms with E-state index in [1.54, 1.807) is 6.07 Å². The zero-order valence-electron chi connectivity index (χ0n) is 13.2. The SMILES string of the molecule is O=c1ccc2cccc(OCCCC[S+]([O-])c3ccccc3)c2[nH]1. The number of nitrogens with one attached hydrogen (secondary N) is 1. The maximum atomic E-state index is 12.1. The molecule has 0 spiro atoms. The minimum absolute atomic E-state index is 0.142. The molecule has 3 aromatic rings. The van der Waals surface area contributed by atoms with Crippen LogP contribution in [0.25, 0.3) is 10.9 Å². The molecule has 1 unspecified atom stereocenters. The Morgan fingerprint density at radius 1 is 0.958 bits per heavy atom. The molecular weight excluding hydrogens is 322 g/mol. The Kier molecular flexibility index (Phi) is 5.56. The zero-order chi connectivity index (χ0) is 16.8. The van der Waals surface area contributed by atoms with E-state index in [4.69, 9.17) is 4.74 Å². The van der Waals surface area contributed by atoms with Crippen LogP contribution in [-0.4, -0.2) is 21.9 Å². The number of aromatic nitrogens is 1. The van der Waals surface area contributed by atoms with Gasteiger partial charge in [0.1, 0.15) is 11.5 Å². The standard InChI is InChI=1S/C19H19NO3S/c21-18-12-11-15-7-6-10-17(19(15)20-18)23-13-4-5-14-24(22)16-8-2-1-3-9-16/h1-3,6-12H,4-5,13-14H2,(H,20,21). The van der Waals surface area contributed by atoms with Crippen molar-refractivity contribution in [2.75, 3.05) is 12.4 Å². The molecule has 0 saturated heterocycles. The summed E-state index contributed by atoms with van der Waals surface area (Å²) in [5.41, 5.74) is 0.578. The highest BCUT2D eigenvalue weighted by Crippen LogP contribution is 2.22. The van der Waals surface area contributed by atoms with Crippen molar-refractivity contribution >= 4 is 22.1 Å². The number of ether oxygens (including phenoxy) is 1. The van der Waals surface area contributed by atoms with Gasteiger partial charge in [0.15, 0.2) is 4.90 Å². The molecule has 0 amide bonds. The van der Waals surface area contributed by atoms with Crippen molar-refractivity contribution in [3.8, 4) is 5.75 Å². The van der Waals surface area contributed by atoms with Gasteiger partial charge in [-0.25, -0.2) is 0 Å². The minimum atomic E-state index is -0.960. The fraction of sp³-hybridized carbons (Fsp3) is 0.211. The zero-order valence-corrected chi connectivity index (χ0v) is 14.1. The molecule has 1 N–H and O–H groups in total. The minimum Gasteiger partial charge on any atom is -0.611 e. The lowest BCUT2D eigenvalue weighted by Gasteiger charge is -2.11. The molecule has 0 aliphatic heterocycles. The largest absolute Gasteiger partial charge is 0.611 e. The molecule has 1 heterocycles. The highest BCUT2D eigenvalue weighted by Gasteiger charge is 2.09. The lowest BCUT2D eigenvalue weighted by molar-refractivity contribution is 0.312. The van der Waals surface area contributed by atoms with Gasteiger partial charge in [0, 0.05) is 11.5 Å². The third-order valence-corrected chi connectivity index (χ3v) is 5.17. The molecule has 0 aliphatic carbocycles. The number of pyridine rings is 1. The van der Waals surface area contributed by atoms with Crippen LogP contribution in [0.4, 0.5) is 0 Å². The molecule has 2 aromatic carbocycles. The van der Waals surface area contributed by atoms with Crippen LogP contribution in [0.2, 0.25) is 0 Å². The molecule has 4 nitrogen and oxygen atoms in total. The number of hydrogen-bond acceptors (Lipinski definition) is 3. The normalized spacial score (nSPS) is 12.2. The summed E-state index contributed by atoms with van der Waals surface area (Å²) >= 11 is -0.960. The van der Waals surface area contributed by atoms with Crippen LogP contribution in [0.3, 0.4) is 0 Å². The van der Waals surface area contributed by atoms with E-state index in [0.717, 1.165) is 28.6 Å². The maximum absolute atomic E-state index is 12.1. The van der Waals surface area contributed by atoms with Gasteiger partial charge in [-0.15, -0.1) is 0 Å². The summed E-state index contributed by atoms with van der Waals surface area (Å²) in [6.45, 7) is 0.530. The number of para-hydroxylation sites is 1. The van der Waals surface area contributed by atoms with E-state index in [-0.39, 0.29) is 5.56 Å². The van der Waals surface area contributed by atoms with Crippen molar-refractivity contribution in [3.63, 3.8) is 0 Å². The topological polar surface area (TPSA) is 65.2 Å². The fourth-order valence-corrected chi connectivity index (χ4v) is 3.64. The molecule has 0 saturated carbocycles. The number of unbranched alkanes of at least 4 members (excludes halogenated alkanes) is 1. The van der Waals surface area contributed by atoms with Crippen molar-refractivity contribution < 1.29 is 9.29 Å². The predicted molar refractivity (Wildman–Crippen MR) is 97.0 cm³/mol. The first-order valence-corrected chi connectivity index (χ1v) is 9.24. The molecule has 3 rings (SSSR count). The average molecular weight is 341 g/mol. The Balaban J connectivity index is 1.50. The second-order valence-electron chi connectivity index (χ2n) is 5.46. The first-order chi connectivity index (χ1) is 11.7. The summed E-state index contributed by atoms with van der Waals surface area (Å²) in [4.78, 5) is 15.2. The third-order valence-electron chi connectivity index (χ3n) is 3.71. The lowest BCUT2D eigenvalue weighted by Crippen LogP contribution is -2.09. The molecule has 5 heteroatoms. The van der Waals surface area contributed by atoms with Gasteiger partial charge in [-0.1, -0.05) is 30.3 Å². The maximum Gasteiger partial charge on any atom is 0.248 e. The molecule has 1 aromatic heterocycles. The molecule has 0 fully saturated rings. The summed E-state index contributed by atoms with van der Waals surface area (Å²) in [6.07, 6.45) is 1.63. The molecule has 24 heavy (non-hydrogen) atoms. The van der Waals surface area contributed by atoms with E-state index in [1.807, 2.05) is 48.5 Å². The number of benzene rings is 2. The van der Waals surface area contributed by atoms with Gasteiger partial charge < -0.3 is 14.3 Å². The van der Waals surface area contributed by atoms with Crippen LogP contribution in [0, 0.1) is 0 Å². The number of hydrogen-bond donors (Lipinski definition) is 1. The Labute approximate surface area is 143 Å². The smallest absolute Gasteiger partial charge is 0.248 e. The molecule has 0 bridgehead atoms. The summed E-state index contributed by atoms with van der Waals surface area (Å²) in [5, 5.41) is 0.942. The first kappa shape index (κ1) is 16.6. The van der Waals surface area contributed by atoms with Gasteiger partial charge in [-0.3, -0.25) is 4.79 Å². The Hall–Kier alpha value is -2.24. The quantitative estimate of drug-likeness (QED) is 0.528. The molecule has 124 valence electrons. The second-order valence-corrected chi connectivity index (χ2v) is 7.03.